The summed E-state index contributed by atoms with van der Waals surface area (Å²) in [5, 5.41) is 20.1. The van der Waals surface area contributed by atoms with Gasteiger partial charge in [-0.05, 0) is 6.07 Å². The second kappa shape index (κ2) is 5.11. The first-order valence-electron chi connectivity index (χ1n) is 5.08. The summed E-state index contributed by atoms with van der Waals surface area (Å²) in [6, 6.07) is 4.83. The number of hydrogen-bond donors (Lipinski definition) is 2. The van der Waals surface area contributed by atoms with E-state index in [1.54, 1.807) is 0 Å². The van der Waals surface area contributed by atoms with Gasteiger partial charge in [-0.1, -0.05) is 13.8 Å². The molecule has 17 heavy (non-hydrogen) atoms. The molecular formula is C11H12N2O4. The number of aromatic hydroxyl groups is 1. The molecule has 0 aliphatic heterocycles. The quantitative estimate of drug-likeness (QED) is 0.585. The van der Waals surface area contributed by atoms with E-state index in [4.69, 9.17) is 0 Å². The first-order chi connectivity index (χ1) is 8.08. The van der Waals surface area contributed by atoms with Crippen LogP contribution >= 0.6 is 0 Å². The number of hydrogen-bond acceptors (Lipinski definition) is 4. The van der Waals surface area contributed by atoms with Crippen molar-refractivity contribution in [3.63, 3.8) is 0 Å². The van der Waals surface area contributed by atoms with Crippen LogP contribution in [-0.2, 0) is 0 Å². The van der Waals surface area contributed by atoms with Gasteiger partial charge in [0.05, 0.1) is 10.4 Å². The first kappa shape index (κ1) is 12.7. The van der Waals surface area contributed by atoms with E-state index in [1.807, 2.05) is 13.8 Å². The summed E-state index contributed by atoms with van der Waals surface area (Å²) in [6.45, 7) is 4.00. The number of fused-ring (bicyclic) bond motifs is 1. The molecule has 0 spiro atoms. The number of nitrogens with one attached hydrogen (secondary N) is 1. The summed E-state index contributed by atoms with van der Waals surface area (Å²) >= 11 is 0. The number of pyridine rings is 1. The molecule has 2 rings (SSSR count). The summed E-state index contributed by atoms with van der Waals surface area (Å²) in [4.78, 5) is 23.3. The second-order valence-electron chi connectivity index (χ2n) is 3.01. The summed E-state index contributed by atoms with van der Waals surface area (Å²) < 4.78 is 0. The Morgan fingerprint density at radius 3 is 2.53 bits per heavy atom. The van der Waals surface area contributed by atoms with Crippen molar-refractivity contribution in [2.45, 2.75) is 13.8 Å². The van der Waals surface area contributed by atoms with Gasteiger partial charge < -0.3 is 10.1 Å². The zero-order valence-electron chi connectivity index (χ0n) is 9.43. The van der Waals surface area contributed by atoms with Crippen molar-refractivity contribution in [2.75, 3.05) is 0 Å². The van der Waals surface area contributed by atoms with Gasteiger partial charge in [-0.2, -0.15) is 0 Å². The summed E-state index contributed by atoms with van der Waals surface area (Å²) in [5.74, 6) is -0.266. The minimum atomic E-state index is -0.565. The average molecular weight is 236 g/mol. The molecule has 1 heterocycles. The largest absolute Gasteiger partial charge is 0.507 e. The highest BCUT2D eigenvalue weighted by molar-refractivity contribution is 5.86. The van der Waals surface area contributed by atoms with Gasteiger partial charge in [0.25, 0.3) is 11.2 Å². The first-order valence-corrected chi connectivity index (χ1v) is 5.08. The van der Waals surface area contributed by atoms with E-state index < -0.39 is 10.5 Å². The van der Waals surface area contributed by atoms with Crippen molar-refractivity contribution in [3.8, 4) is 5.75 Å². The Morgan fingerprint density at radius 1 is 1.29 bits per heavy atom. The van der Waals surface area contributed by atoms with Crippen molar-refractivity contribution in [1.29, 1.82) is 0 Å². The molecule has 6 nitrogen and oxygen atoms in total. The van der Waals surface area contributed by atoms with Crippen molar-refractivity contribution >= 4 is 16.6 Å². The molecular weight excluding hydrogens is 224 g/mol. The highest BCUT2D eigenvalue weighted by atomic mass is 16.6. The number of non-ortho nitro benzene ring substituents is 1. The SMILES string of the molecule is CC.O=c1cc(O)c2cc([N+](=O)[O-])ccc2[nH]1. The Kier molecular flexibility index (Phi) is 3.82. The topological polar surface area (TPSA) is 96.2 Å². The number of benzene rings is 1. The van der Waals surface area contributed by atoms with Crippen LogP contribution in [0.2, 0.25) is 0 Å². The Balaban J connectivity index is 0.000000686. The van der Waals surface area contributed by atoms with Gasteiger partial charge in [-0.15, -0.1) is 0 Å². The van der Waals surface area contributed by atoms with Gasteiger partial charge in [0.1, 0.15) is 5.75 Å². The molecule has 90 valence electrons. The molecule has 6 heteroatoms. The summed E-state index contributed by atoms with van der Waals surface area (Å²) in [6.07, 6.45) is 0. The van der Waals surface area contributed by atoms with Gasteiger partial charge in [0.15, 0.2) is 0 Å². The van der Waals surface area contributed by atoms with Crippen LogP contribution in [0.25, 0.3) is 10.9 Å². The van der Waals surface area contributed by atoms with Crippen molar-refractivity contribution in [1.82, 2.24) is 4.98 Å². The van der Waals surface area contributed by atoms with Crippen molar-refractivity contribution in [2.24, 2.45) is 0 Å². The van der Waals surface area contributed by atoms with E-state index in [2.05, 4.69) is 4.98 Å². The number of rotatable bonds is 1. The molecule has 0 saturated carbocycles. The maximum Gasteiger partial charge on any atom is 0.270 e. The van der Waals surface area contributed by atoms with Crippen molar-refractivity contribution < 1.29 is 10.0 Å². The molecule has 0 atom stereocenters. The molecule has 0 saturated heterocycles. The Hall–Kier alpha value is -2.37. The molecule has 0 bridgehead atoms. The zero-order valence-corrected chi connectivity index (χ0v) is 9.43. The van der Waals surface area contributed by atoms with Gasteiger partial charge in [-0.25, -0.2) is 0 Å². The highest BCUT2D eigenvalue weighted by Crippen LogP contribution is 2.24. The number of aromatic nitrogens is 1. The molecule has 0 aliphatic rings. The summed E-state index contributed by atoms with van der Waals surface area (Å²) in [7, 11) is 0. The van der Waals surface area contributed by atoms with Crippen LogP contribution in [-0.4, -0.2) is 15.0 Å². The van der Waals surface area contributed by atoms with Gasteiger partial charge >= 0.3 is 0 Å². The molecule has 0 unspecified atom stereocenters. The molecule has 0 aliphatic carbocycles. The lowest BCUT2D eigenvalue weighted by molar-refractivity contribution is -0.384. The van der Waals surface area contributed by atoms with E-state index in [0.29, 0.717) is 5.52 Å². The lowest BCUT2D eigenvalue weighted by Gasteiger charge is -1.99. The molecule has 1 aromatic carbocycles. The Bertz CT molecular complexity index is 604. The Morgan fingerprint density at radius 2 is 1.94 bits per heavy atom. The fraction of sp³-hybridized carbons (Fsp3) is 0.182. The lowest BCUT2D eigenvalue weighted by atomic mass is 10.2. The minimum absolute atomic E-state index is 0.134. The van der Waals surface area contributed by atoms with E-state index in [-0.39, 0.29) is 16.8 Å². The molecule has 0 radical (unpaired) electrons. The fourth-order valence-electron chi connectivity index (χ4n) is 1.34. The zero-order chi connectivity index (χ0) is 13.0. The predicted octanol–water partition coefficient (Wildman–Crippen LogP) is 2.17. The molecule has 1 aromatic heterocycles. The minimum Gasteiger partial charge on any atom is -0.507 e. The van der Waals surface area contributed by atoms with Gasteiger partial charge in [0, 0.05) is 23.6 Å². The monoisotopic (exact) mass is 236 g/mol. The van der Waals surface area contributed by atoms with Crippen LogP contribution in [0.1, 0.15) is 13.8 Å². The van der Waals surface area contributed by atoms with E-state index >= 15 is 0 Å². The Labute approximate surface area is 96.7 Å². The number of H-pyrrole nitrogens is 1. The number of nitrogens with zero attached hydrogens (tertiary/aromatic N) is 1. The van der Waals surface area contributed by atoms with Crippen LogP contribution in [0, 0.1) is 10.1 Å². The van der Waals surface area contributed by atoms with Crippen LogP contribution in [0.15, 0.2) is 29.1 Å². The van der Waals surface area contributed by atoms with E-state index in [9.17, 15) is 20.0 Å². The normalized spacial score (nSPS) is 9.53. The van der Waals surface area contributed by atoms with Crippen LogP contribution < -0.4 is 5.56 Å². The summed E-state index contributed by atoms with van der Waals surface area (Å²) in [5.41, 5.74) is -0.218. The van der Waals surface area contributed by atoms with Crippen LogP contribution in [0.4, 0.5) is 5.69 Å². The fourth-order valence-corrected chi connectivity index (χ4v) is 1.34. The van der Waals surface area contributed by atoms with Crippen LogP contribution in [0.5, 0.6) is 5.75 Å². The highest BCUT2D eigenvalue weighted by Gasteiger charge is 2.09. The molecule has 0 amide bonds. The third-order valence-electron chi connectivity index (χ3n) is 2.02. The average Bonchev–Trinajstić information content (AvgIpc) is 2.31. The lowest BCUT2D eigenvalue weighted by Crippen LogP contribution is -2.03. The molecule has 2 N–H and O–H groups in total. The maximum atomic E-state index is 11.0. The predicted molar refractivity (Wildman–Crippen MR) is 64.2 cm³/mol. The smallest absolute Gasteiger partial charge is 0.270 e. The van der Waals surface area contributed by atoms with Crippen molar-refractivity contribution in [3.05, 3.63) is 44.7 Å². The second-order valence-corrected chi connectivity index (χ2v) is 3.01. The van der Waals surface area contributed by atoms with Gasteiger partial charge in [0.2, 0.25) is 0 Å². The molecule has 0 fully saturated rings. The van der Waals surface area contributed by atoms with E-state index in [1.165, 1.54) is 18.2 Å². The third-order valence-corrected chi connectivity index (χ3v) is 2.02. The molecule has 2 aromatic rings. The number of aromatic amines is 1. The maximum absolute atomic E-state index is 11.0. The third kappa shape index (κ3) is 2.60. The number of nitro groups is 1. The van der Waals surface area contributed by atoms with Crippen LogP contribution in [0.3, 0.4) is 0 Å². The van der Waals surface area contributed by atoms with Gasteiger partial charge in [-0.3, -0.25) is 14.9 Å². The van der Waals surface area contributed by atoms with E-state index in [0.717, 1.165) is 6.07 Å². The standard InChI is InChI=1S/C9H6N2O4.C2H6/c12-8-4-9(13)10-7-2-1-5(11(14)15)3-6(7)8;1-2/h1-4H,(H2,10,12,13);1-2H3. The number of nitro benzene ring substituents is 1.